The van der Waals surface area contributed by atoms with Crippen molar-refractivity contribution in [3.8, 4) is 0 Å². The molecule has 28 heavy (non-hydrogen) atoms. The van der Waals surface area contributed by atoms with Crippen molar-refractivity contribution in [2.45, 2.75) is 6.54 Å². The van der Waals surface area contributed by atoms with Crippen LogP contribution in [0.15, 0.2) is 54.9 Å². The lowest BCUT2D eigenvalue weighted by atomic mass is 10.1. The van der Waals surface area contributed by atoms with Crippen LogP contribution in [0.2, 0.25) is 10.0 Å². The molecule has 6 nitrogen and oxygen atoms in total. The zero-order chi connectivity index (χ0) is 19.7. The zero-order valence-corrected chi connectivity index (χ0v) is 16.3. The van der Waals surface area contributed by atoms with Crippen LogP contribution in [0.25, 0.3) is 21.8 Å². The van der Waals surface area contributed by atoms with Crippen molar-refractivity contribution < 1.29 is 0 Å². The van der Waals surface area contributed by atoms with E-state index in [1.165, 1.54) is 0 Å². The molecule has 5 N–H and O–H groups in total. The van der Waals surface area contributed by atoms with Gasteiger partial charge in [-0.3, -0.25) is 10.4 Å². The Bertz CT molecular complexity index is 1180. The number of fused-ring (bicyclic) bond motifs is 3. The highest BCUT2D eigenvalue weighted by Gasteiger charge is 2.11. The summed E-state index contributed by atoms with van der Waals surface area (Å²) in [5.74, 6) is -0.0352. The van der Waals surface area contributed by atoms with Gasteiger partial charge in [-0.15, -0.1) is 0 Å². The number of hydrogen-bond acceptors (Lipinski definition) is 3. The lowest BCUT2D eigenvalue weighted by molar-refractivity contribution is 0.708. The SMILES string of the molecule is N=C(N)NCCn1c2ccc(Nc3ccc(Cl)c(Cl)c3)cc2c2ccncc21. The van der Waals surface area contributed by atoms with Crippen LogP contribution in [0.5, 0.6) is 0 Å². The molecule has 0 saturated carbocycles. The standard InChI is InChI=1S/C20H18Cl2N6/c21-16-3-1-13(10-17(16)22)27-12-2-4-18-15(9-12)14-5-6-25-11-19(14)28(18)8-7-26-20(23)24/h1-6,9-11,27H,7-8H2,(H4,23,24,26). The molecule has 142 valence electrons. The summed E-state index contributed by atoms with van der Waals surface area (Å²) in [6.07, 6.45) is 3.65. The molecule has 4 aromatic rings. The average molecular weight is 413 g/mol. The summed E-state index contributed by atoms with van der Waals surface area (Å²) < 4.78 is 2.18. The Hall–Kier alpha value is -2.96. The summed E-state index contributed by atoms with van der Waals surface area (Å²) in [5.41, 5.74) is 9.34. The molecule has 0 bridgehead atoms. The van der Waals surface area contributed by atoms with Crippen LogP contribution >= 0.6 is 23.2 Å². The number of hydrogen-bond donors (Lipinski definition) is 4. The van der Waals surface area contributed by atoms with E-state index in [4.69, 9.17) is 34.3 Å². The number of guanidine groups is 1. The zero-order valence-electron chi connectivity index (χ0n) is 14.8. The van der Waals surface area contributed by atoms with Gasteiger partial charge in [-0.2, -0.15) is 0 Å². The van der Waals surface area contributed by atoms with Gasteiger partial charge in [0.25, 0.3) is 0 Å². The minimum Gasteiger partial charge on any atom is -0.370 e. The molecule has 8 heteroatoms. The highest BCUT2D eigenvalue weighted by Crippen LogP contribution is 2.32. The molecule has 0 fully saturated rings. The fraction of sp³-hybridized carbons (Fsp3) is 0.100. The van der Waals surface area contributed by atoms with Crippen molar-refractivity contribution in [2.24, 2.45) is 5.73 Å². The predicted molar refractivity (Wildman–Crippen MR) is 117 cm³/mol. The average Bonchev–Trinajstić information content (AvgIpc) is 2.98. The first-order valence-corrected chi connectivity index (χ1v) is 9.44. The Morgan fingerprint density at radius 3 is 2.57 bits per heavy atom. The third-order valence-corrected chi connectivity index (χ3v) is 5.27. The van der Waals surface area contributed by atoms with Crippen molar-refractivity contribution >= 4 is 62.3 Å². The van der Waals surface area contributed by atoms with Gasteiger partial charge < -0.3 is 20.9 Å². The summed E-state index contributed by atoms with van der Waals surface area (Å²) in [5, 5.41) is 16.8. The third kappa shape index (κ3) is 3.56. The van der Waals surface area contributed by atoms with E-state index in [0.29, 0.717) is 23.1 Å². The fourth-order valence-electron chi connectivity index (χ4n) is 3.31. The number of aromatic nitrogens is 2. The maximum atomic E-state index is 7.33. The van der Waals surface area contributed by atoms with Crippen LogP contribution in [0.4, 0.5) is 11.4 Å². The Morgan fingerprint density at radius 1 is 1.00 bits per heavy atom. The molecule has 0 amide bonds. The molecule has 0 saturated heterocycles. The van der Waals surface area contributed by atoms with E-state index in [0.717, 1.165) is 33.2 Å². The molecular formula is C20H18Cl2N6. The van der Waals surface area contributed by atoms with E-state index in [1.807, 2.05) is 24.4 Å². The van der Waals surface area contributed by atoms with Gasteiger partial charge in [-0.25, -0.2) is 0 Å². The second-order valence-electron chi connectivity index (χ2n) is 6.37. The van der Waals surface area contributed by atoms with E-state index in [1.54, 1.807) is 18.3 Å². The molecular weight excluding hydrogens is 395 g/mol. The van der Waals surface area contributed by atoms with Crippen molar-refractivity contribution in [3.05, 3.63) is 64.9 Å². The number of nitrogens with two attached hydrogens (primary N) is 1. The Balaban J connectivity index is 1.73. The molecule has 2 aromatic heterocycles. The molecule has 0 atom stereocenters. The van der Waals surface area contributed by atoms with Gasteiger partial charge in [0.2, 0.25) is 0 Å². The molecule has 0 aliphatic carbocycles. The number of rotatable bonds is 5. The second kappa shape index (κ2) is 7.58. The van der Waals surface area contributed by atoms with Crippen LogP contribution in [0.3, 0.4) is 0 Å². The van der Waals surface area contributed by atoms with Crippen molar-refractivity contribution in [3.63, 3.8) is 0 Å². The first-order chi connectivity index (χ1) is 13.5. The molecule has 2 heterocycles. The second-order valence-corrected chi connectivity index (χ2v) is 7.19. The van der Waals surface area contributed by atoms with Gasteiger partial charge in [0.05, 0.1) is 21.8 Å². The lowest BCUT2D eigenvalue weighted by Crippen LogP contribution is -2.32. The van der Waals surface area contributed by atoms with Gasteiger partial charge in [-0.05, 0) is 42.5 Å². The maximum Gasteiger partial charge on any atom is 0.185 e. The van der Waals surface area contributed by atoms with E-state index >= 15 is 0 Å². The lowest BCUT2D eigenvalue weighted by Gasteiger charge is -2.10. The van der Waals surface area contributed by atoms with Crippen LogP contribution in [0, 0.1) is 5.41 Å². The van der Waals surface area contributed by atoms with E-state index in [9.17, 15) is 0 Å². The smallest absolute Gasteiger partial charge is 0.185 e. The van der Waals surface area contributed by atoms with Crippen molar-refractivity contribution in [1.29, 1.82) is 5.41 Å². The van der Waals surface area contributed by atoms with E-state index in [2.05, 4.69) is 32.3 Å². The van der Waals surface area contributed by atoms with Crippen molar-refractivity contribution in [1.82, 2.24) is 14.9 Å². The summed E-state index contributed by atoms with van der Waals surface area (Å²) in [6, 6.07) is 13.7. The number of benzene rings is 2. The van der Waals surface area contributed by atoms with Gasteiger partial charge >= 0.3 is 0 Å². The Labute approximate surface area is 171 Å². The summed E-state index contributed by atoms with van der Waals surface area (Å²) in [6.45, 7) is 1.23. The van der Waals surface area contributed by atoms with Crippen LogP contribution in [-0.2, 0) is 6.54 Å². The number of anilines is 2. The minimum absolute atomic E-state index is 0.0352. The maximum absolute atomic E-state index is 7.33. The van der Waals surface area contributed by atoms with Crippen LogP contribution < -0.4 is 16.4 Å². The Kier molecular flexibility index (Phi) is 4.98. The van der Waals surface area contributed by atoms with Crippen molar-refractivity contribution in [2.75, 3.05) is 11.9 Å². The summed E-state index contributed by atoms with van der Waals surface area (Å²) in [4.78, 5) is 4.27. The topological polar surface area (TPSA) is 91.8 Å². The van der Waals surface area contributed by atoms with Gasteiger partial charge in [-0.1, -0.05) is 23.2 Å². The highest BCUT2D eigenvalue weighted by atomic mass is 35.5. The molecule has 0 radical (unpaired) electrons. The largest absolute Gasteiger partial charge is 0.370 e. The Morgan fingerprint density at radius 2 is 1.79 bits per heavy atom. The quantitative estimate of drug-likeness (QED) is 0.281. The first-order valence-electron chi connectivity index (χ1n) is 8.69. The van der Waals surface area contributed by atoms with E-state index in [-0.39, 0.29) is 5.96 Å². The molecule has 0 aliphatic heterocycles. The summed E-state index contributed by atoms with van der Waals surface area (Å²) >= 11 is 12.1. The first kappa shape index (κ1) is 18.4. The normalized spacial score (nSPS) is 11.1. The van der Waals surface area contributed by atoms with Gasteiger partial charge in [0.15, 0.2) is 5.96 Å². The minimum atomic E-state index is -0.0352. The van der Waals surface area contributed by atoms with Crippen LogP contribution in [-0.4, -0.2) is 22.1 Å². The number of halogens is 2. The highest BCUT2D eigenvalue weighted by molar-refractivity contribution is 6.42. The van der Waals surface area contributed by atoms with Gasteiger partial charge in [0.1, 0.15) is 0 Å². The van der Waals surface area contributed by atoms with Gasteiger partial charge in [0, 0.05) is 47.0 Å². The predicted octanol–water partition coefficient (Wildman–Crippen LogP) is 4.72. The molecule has 0 unspecified atom stereocenters. The van der Waals surface area contributed by atoms with Crippen LogP contribution in [0.1, 0.15) is 0 Å². The monoisotopic (exact) mass is 412 g/mol. The number of nitrogens with zero attached hydrogens (tertiary/aromatic N) is 2. The number of pyridine rings is 1. The number of nitrogens with one attached hydrogen (secondary N) is 3. The molecule has 2 aromatic carbocycles. The molecule has 0 aliphatic rings. The summed E-state index contributed by atoms with van der Waals surface area (Å²) in [7, 11) is 0. The van der Waals surface area contributed by atoms with E-state index < -0.39 is 0 Å². The molecule has 0 spiro atoms. The third-order valence-electron chi connectivity index (χ3n) is 4.53. The molecule has 4 rings (SSSR count). The fourth-order valence-corrected chi connectivity index (χ4v) is 3.61.